The van der Waals surface area contributed by atoms with E-state index in [0.717, 1.165) is 16.7 Å². The second-order valence-electron chi connectivity index (χ2n) is 10.9. The molecule has 43 heavy (non-hydrogen) atoms. The molecular weight excluding hydrogens is 548 g/mol. The van der Waals surface area contributed by atoms with Crippen LogP contribution in [0.4, 0.5) is 0 Å². The van der Waals surface area contributed by atoms with Gasteiger partial charge in [0.05, 0.1) is 25.4 Å². The summed E-state index contributed by atoms with van der Waals surface area (Å²) in [6, 6.07) is 20.1. The Bertz CT molecular complexity index is 1800. The van der Waals surface area contributed by atoms with Gasteiger partial charge in [-0.05, 0) is 54.8 Å². The van der Waals surface area contributed by atoms with Crippen molar-refractivity contribution in [3.8, 4) is 5.75 Å². The minimum atomic E-state index is -0.384. The number of hydrogen-bond donors (Lipinski definition) is 1. The Balaban J connectivity index is 1.16. The molecule has 0 unspecified atom stereocenters. The predicted molar refractivity (Wildman–Crippen MR) is 157 cm³/mol. The van der Waals surface area contributed by atoms with E-state index >= 15 is 0 Å². The molecule has 2 aromatic carbocycles. The van der Waals surface area contributed by atoms with Crippen LogP contribution in [0.5, 0.6) is 5.75 Å². The van der Waals surface area contributed by atoms with Crippen LogP contribution in [0, 0.1) is 0 Å². The average Bonchev–Trinajstić information content (AvgIpc) is 3.76. The molecule has 1 saturated heterocycles. The van der Waals surface area contributed by atoms with Crippen molar-refractivity contribution in [2.45, 2.75) is 24.8 Å². The average molecular weight is 579 g/mol. The fourth-order valence-corrected chi connectivity index (χ4v) is 5.94. The van der Waals surface area contributed by atoms with Crippen molar-refractivity contribution in [2.75, 3.05) is 32.8 Å². The predicted octanol–water partition coefficient (Wildman–Crippen LogP) is 3.51. The van der Waals surface area contributed by atoms with E-state index in [1.807, 2.05) is 48.5 Å². The molecule has 3 aromatic heterocycles. The molecule has 0 saturated carbocycles. The van der Waals surface area contributed by atoms with Crippen molar-refractivity contribution in [1.29, 1.82) is 0 Å². The minimum absolute atomic E-state index is 0.134. The Morgan fingerprint density at radius 3 is 2.74 bits per heavy atom. The van der Waals surface area contributed by atoms with Crippen LogP contribution < -0.4 is 10.1 Å². The van der Waals surface area contributed by atoms with Crippen LogP contribution in [-0.2, 0) is 4.79 Å². The molecule has 2 bridgehead atoms. The summed E-state index contributed by atoms with van der Waals surface area (Å²) in [5.41, 5.74) is 2.51. The van der Waals surface area contributed by atoms with Crippen LogP contribution in [0.25, 0.3) is 16.6 Å². The van der Waals surface area contributed by atoms with Crippen molar-refractivity contribution >= 4 is 34.3 Å². The molecule has 11 heteroatoms. The van der Waals surface area contributed by atoms with Crippen LogP contribution in [0.1, 0.15) is 45.4 Å². The number of aromatic nitrogens is 3. The van der Waals surface area contributed by atoms with Crippen LogP contribution in [0.2, 0.25) is 0 Å². The normalized spacial score (nSPS) is 19.5. The first-order valence-electron chi connectivity index (χ1n) is 14.4. The zero-order chi connectivity index (χ0) is 29.3. The Morgan fingerprint density at radius 2 is 1.84 bits per heavy atom. The summed E-state index contributed by atoms with van der Waals surface area (Å²) in [4.78, 5) is 48.3. The lowest BCUT2D eigenvalue weighted by Crippen LogP contribution is -2.47. The van der Waals surface area contributed by atoms with E-state index < -0.39 is 0 Å². The van der Waals surface area contributed by atoms with Gasteiger partial charge in [0.15, 0.2) is 17.1 Å². The Morgan fingerprint density at radius 1 is 0.930 bits per heavy atom. The highest BCUT2D eigenvalue weighted by atomic mass is 16.5. The number of nitrogens with one attached hydrogen (secondary N) is 1. The highest BCUT2D eigenvalue weighted by Crippen LogP contribution is 2.31. The first kappa shape index (κ1) is 26.7. The van der Waals surface area contributed by atoms with E-state index in [4.69, 9.17) is 9.15 Å². The van der Waals surface area contributed by atoms with Gasteiger partial charge in [-0.2, -0.15) is 5.10 Å². The van der Waals surface area contributed by atoms with Gasteiger partial charge < -0.3 is 24.3 Å². The number of benzene rings is 2. The maximum absolute atomic E-state index is 13.7. The lowest BCUT2D eigenvalue weighted by Gasteiger charge is -2.25. The van der Waals surface area contributed by atoms with Crippen molar-refractivity contribution in [3.05, 3.63) is 96.1 Å². The van der Waals surface area contributed by atoms with Gasteiger partial charge >= 0.3 is 0 Å². The molecule has 0 aliphatic carbocycles. The first-order valence-corrected chi connectivity index (χ1v) is 14.4. The zero-order valence-electron chi connectivity index (χ0n) is 23.4. The fourth-order valence-electron chi connectivity index (χ4n) is 5.94. The lowest BCUT2D eigenvalue weighted by molar-refractivity contribution is -0.122. The summed E-state index contributed by atoms with van der Waals surface area (Å²) in [7, 11) is 0. The summed E-state index contributed by atoms with van der Waals surface area (Å²) in [6.45, 7) is 1.38. The maximum atomic E-state index is 13.7. The molecule has 7 rings (SSSR count). The van der Waals surface area contributed by atoms with Crippen molar-refractivity contribution in [3.63, 3.8) is 0 Å². The minimum Gasteiger partial charge on any atom is -0.494 e. The third-order valence-electron chi connectivity index (χ3n) is 8.09. The quantitative estimate of drug-likeness (QED) is 0.340. The number of furan rings is 1. The topological polar surface area (TPSA) is 122 Å². The zero-order valence-corrected chi connectivity index (χ0v) is 23.4. The van der Waals surface area contributed by atoms with Gasteiger partial charge in [-0.25, -0.2) is 9.50 Å². The summed E-state index contributed by atoms with van der Waals surface area (Å²) >= 11 is 0. The standard InChI is InChI=1S/C32H30N6O5/c39-30-20-36(32(41)28-16-22-7-1-2-10-27(22)43-28)13-3-4-14-42-23-9-5-8-21(15-23)24-18-37(19-25(24)35-30)31(40)26-17-33-29-11-6-12-34-38(26)29/h1-2,5-12,15-17,24-25H,3-4,13-14,18-20H2,(H,35,39)/t24-,25+/m1/s1. The summed E-state index contributed by atoms with van der Waals surface area (Å²) in [5, 5.41) is 8.25. The van der Waals surface area contributed by atoms with Crippen LogP contribution in [0.3, 0.4) is 0 Å². The van der Waals surface area contributed by atoms with Crippen molar-refractivity contribution in [1.82, 2.24) is 29.7 Å². The highest BCUT2D eigenvalue weighted by Gasteiger charge is 2.39. The second-order valence-corrected chi connectivity index (χ2v) is 10.9. The molecule has 11 nitrogen and oxygen atoms in total. The van der Waals surface area contributed by atoms with Gasteiger partial charge in [0, 0.05) is 37.1 Å². The molecule has 3 amide bonds. The summed E-state index contributed by atoms with van der Waals surface area (Å²) in [6.07, 6.45) is 4.49. The SMILES string of the molecule is O=C1CN(C(=O)c2cc3ccccc3o2)CCCCOc2cccc(c2)[C@H]2CN(C(=O)c3cnc4cccnn34)C[C@@H]2N1. The van der Waals surface area contributed by atoms with Gasteiger partial charge in [0.2, 0.25) is 5.91 Å². The smallest absolute Gasteiger partial charge is 0.290 e. The van der Waals surface area contributed by atoms with E-state index in [9.17, 15) is 14.4 Å². The Labute approximate surface area is 247 Å². The molecule has 2 atom stereocenters. The van der Waals surface area contributed by atoms with E-state index in [0.29, 0.717) is 49.5 Å². The van der Waals surface area contributed by atoms with Gasteiger partial charge in [0.25, 0.3) is 11.8 Å². The number of fused-ring (bicyclic) bond motifs is 6. The van der Waals surface area contributed by atoms with E-state index in [1.165, 1.54) is 15.6 Å². The molecule has 5 aromatic rings. The van der Waals surface area contributed by atoms with Gasteiger partial charge in [-0.15, -0.1) is 0 Å². The van der Waals surface area contributed by atoms with Gasteiger partial charge in [-0.1, -0.05) is 30.3 Å². The number of ether oxygens (including phenoxy) is 1. The fraction of sp³-hybridized carbons (Fsp3) is 0.281. The molecule has 2 aliphatic heterocycles. The Kier molecular flexibility index (Phi) is 6.98. The third kappa shape index (κ3) is 5.29. The number of imidazole rings is 1. The van der Waals surface area contributed by atoms with Crippen LogP contribution in [0.15, 0.2) is 83.5 Å². The number of likely N-dealkylation sites (tertiary alicyclic amines) is 1. The number of hydrogen-bond acceptors (Lipinski definition) is 7. The number of carbonyl (C=O) groups is 3. The second kappa shape index (κ2) is 11.2. The molecule has 1 N–H and O–H groups in total. The number of nitrogens with zero attached hydrogens (tertiary/aromatic N) is 5. The van der Waals surface area contributed by atoms with E-state index in [2.05, 4.69) is 15.4 Å². The van der Waals surface area contributed by atoms with Crippen LogP contribution in [-0.4, -0.2) is 80.9 Å². The number of amides is 3. The molecule has 5 heterocycles. The first-order chi connectivity index (χ1) is 21.0. The lowest BCUT2D eigenvalue weighted by atomic mass is 9.94. The Hall–Kier alpha value is -5.19. The molecule has 0 radical (unpaired) electrons. The monoisotopic (exact) mass is 578 g/mol. The van der Waals surface area contributed by atoms with Crippen LogP contribution >= 0.6 is 0 Å². The number of carbonyl (C=O) groups excluding carboxylic acids is 3. The van der Waals surface area contributed by atoms with Crippen molar-refractivity contribution < 1.29 is 23.5 Å². The number of rotatable bonds is 2. The molecule has 218 valence electrons. The molecule has 1 fully saturated rings. The number of para-hydroxylation sites is 1. The summed E-state index contributed by atoms with van der Waals surface area (Å²) in [5.74, 6) is -0.130. The van der Waals surface area contributed by atoms with E-state index in [1.54, 1.807) is 29.3 Å². The highest BCUT2D eigenvalue weighted by molar-refractivity contribution is 5.98. The van der Waals surface area contributed by atoms with E-state index in [-0.39, 0.29) is 48.5 Å². The largest absolute Gasteiger partial charge is 0.494 e. The third-order valence-corrected chi connectivity index (χ3v) is 8.09. The molecule has 0 spiro atoms. The molecular formula is C32H30N6O5. The van der Waals surface area contributed by atoms with Gasteiger partial charge in [0.1, 0.15) is 11.3 Å². The van der Waals surface area contributed by atoms with Crippen molar-refractivity contribution in [2.24, 2.45) is 0 Å². The maximum Gasteiger partial charge on any atom is 0.290 e. The summed E-state index contributed by atoms with van der Waals surface area (Å²) < 4.78 is 13.4. The van der Waals surface area contributed by atoms with Gasteiger partial charge in [-0.3, -0.25) is 14.4 Å². The molecule has 2 aliphatic rings.